The van der Waals surface area contributed by atoms with Crippen molar-refractivity contribution >= 4 is 33.4 Å². The fourth-order valence-electron chi connectivity index (χ4n) is 3.74. The molecule has 1 amide bonds. The number of aliphatic hydroxyl groups excluding tert-OH is 1. The van der Waals surface area contributed by atoms with Crippen LogP contribution in [0.2, 0.25) is 0 Å². The highest BCUT2D eigenvalue weighted by molar-refractivity contribution is 9.10. The van der Waals surface area contributed by atoms with Gasteiger partial charge in [0.1, 0.15) is 11.6 Å². The Hall–Kier alpha value is -3.26. The second-order valence-corrected chi connectivity index (χ2v) is 8.09. The number of amides is 1. The van der Waals surface area contributed by atoms with Crippen molar-refractivity contribution < 1.29 is 19.1 Å². The third kappa shape index (κ3) is 4.16. The minimum atomic E-state index is -1.01. The van der Waals surface area contributed by atoms with E-state index >= 15 is 0 Å². The second kappa shape index (κ2) is 8.85. The van der Waals surface area contributed by atoms with Crippen LogP contribution in [-0.2, 0) is 16.1 Å². The number of nitrogens with zero attached hydrogens (tertiary/aromatic N) is 3. The van der Waals surface area contributed by atoms with Crippen LogP contribution in [0.5, 0.6) is 0 Å². The fraction of sp³-hybridized carbons (Fsp3) is 0.174. The summed E-state index contributed by atoms with van der Waals surface area (Å²) in [5, 5.41) is 10.9. The van der Waals surface area contributed by atoms with Crippen LogP contribution in [0.1, 0.15) is 23.6 Å². The largest absolute Gasteiger partial charge is 0.507 e. The summed E-state index contributed by atoms with van der Waals surface area (Å²) in [4.78, 5) is 31.1. The van der Waals surface area contributed by atoms with Gasteiger partial charge in [0.15, 0.2) is 0 Å². The van der Waals surface area contributed by atoms with E-state index in [1.165, 1.54) is 17.0 Å². The molecular weight excluding hydrogens is 465 g/mol. The number of carbonyl (C=O) groups excluding carboxylic acids is 2. The van der Waals surface area contributed by atoms with Gasteiger partial charge in [-0.3, -0.25) is 9.59 Å². The van der Waals surface area contributed by atoms with Gasteiger partial charge in [-0.05, 0) is 24.6 Å². The zero-order valence-electron chi connectivity index (χ0n) is 16.4. The van der Waals surface area contributed by atoms with Gasteiger partial charge >= 0.3 is 0 Å². The van der Waals surface area contributed by atoms with Crippen molar-refractivity contribution in [3.05, 3.63) is 94.2 Å². The van der Waals surface area contributed by atoms with Crippen LogP contribution < -0.4 is 0 Å². The average molecular weight is 484 g/mol. The molecule has 1 atom stereocenters. The normalized spacial score (nSPS) is 18.0. The predicted molar refractivity (Wildman–Crippen MR) is 116 cm³/mol. The summed E-state index contributed by atoms with van der Waals surface area (Å²) in [5.41, 5.74) is 0.434. The van der Waals surface area contributed by atoms with Gasteiger partial charge < -0.3 is 14.6 Å². The molecule has 1 fully saturated rings. The quantitative estimate of drug-likeness (QED) is 0.322. The number of carbonyl (C=O) groups is 2. The molecule has 0 spiro atoms. The molecule has 2 aromatic carbocycles. The van der Waals surface area contributed by atoms with Gasteiger partial charge in [-0.2, -0.15) is 0 Å². The van der Waals surface area contributed by atoms with Crippen LogP contribution in [0.4, 0.5) is 4.39 Å². The topological polar surface area (TPSA) is 75.4 Å². The Morgan fingerprint density at radius 3 is 2.52 bits per heavy atom. The number of aromatic nitrogens is 2. The molecule has 0 bridgehead atoms. The number of halogens is 2. The third-order valence-electron chi connectivity index (χ3n) is 5.23. The number of hydrogen-bond donors (Lipinski definition) is 1. The highest BCUT2D eigenvalue weighted by atomic mass is 79.9. The molecule has 3 aromatic rings. The SMILES string of the molecule is O=C1C(=O)N(CCCn2ccnc2)[C@H](c2ccccc2F)/C1=C(\O)c1ccc(Br)cc1. The van der Waals surface area contributed by atoms with Crippen LogP contribution in [-0.4, -0.2) is 37.8 Å². The van der Waals surface area contributed by atoms with Crippen LogP contribution >= 0.6 is 15.9 Å². The molecule has 1 saturated heterocycles. The number of aryl methyl sites for hydroxylation is 1. The van der Waals surface area contributed by atoms with Crippen molar-refractivity contribution in [2.45, 2.75) is 19.0 Å². The standard InChI is InChI=1S/C23H19BrFN3O3/c24-16-8-6-15(7-9-16)21(29)19-20(17-4-1-2-5-18(17)25)28(23(31)22(19)30)12-3-11-27-13-10-26-14-27/h1-2,4-10,13-14,20,29H,3,11-12H2/b21-19+/t20-/m1/s1. The molecule has 0 saturated carbocycles. The number of rotatable bonds is 6. The minimum Gasteiger partial charge on any atom is -0.507 e. The van der Waals surface area contributed by atoms with Gasteiger partial charge in [0.2, 0.25) is 0 Å². The van der Waals surface area contributed by atoms with Crippen LogP contribution in [0.3, 0.4) is 0 Å². The predicted octanol–water partition coefficient (Wildman–Crippen LogP) is 4.30. The van der Waals surface area contributed by atoms with E-state index in [1.54, 1.807) is 55.1 Å². The lowest BCUT2D eigenvalue weighted by Crippen LogP contribution is -2.31. The summed E-state index contributed by atoms with van der Waals surface area (Å²) >= 11 is 3.33. The molecule has 0 aliphatic carbocycles. The molecule has 6 nitrogen and oxygen atoms in total. The zero-order chi connectivity index (χ0) is 22.0. The lowest BCUT2D eigenvalue weighted by molar-refractivity contribution is -0.140. The van der Waals surface area contributed by atoms with E-state index in [0.717, 1.165) is 4.47 Å². The Bertz CT molecular complexity index is 1140. The molecule has 4 rings (SSSR count). The molecule has 158 valence electrons. The first-order valence-corrected chi connectivity index (χ1v) is 10.5. The number of likely N-dealkylation sites (tertiary alicyclic amines) is 1. The first-order valence-electron chi connectivity index (χ1n) is 9.72. The Labute approximate surface area is 186 Å². The maximum Gasteiger partial charge on any atom is 0.295 e. The van der Waals surface area contributed by atoms with Crippen LogP contribution in [0.25, 0.3) is 5.76 Å². The third-order valence-corrected chi connectivity index (χ3v) is 5.76. The van der Waals surface area contributed by atoms with Crippen molar-refractivity contribution in [2.75, 3.05) is 6.54 Å². The van der Waals surface area contributed by atoms with E-state index in [1.807, 2.05) is 4.57 Å². The lowest BCUT2D eigenvalue weighted by Gasteiger charge is -2.25. The number of imidazole rings is 1. The molecule has 8 heteroatoms. The summed E-state index contributed by atoms with van der Waals surface area (Å²) in [6, 6.07) is 11.7. The molecule has 1 aliphatic rings. The second-order valence-electron chi connectivity index (χ2n) is 7.17. The number of aliphatic hydroxyl groups is 1. The van der Waals surface area contributed by atoms with E-state index in [2.05, 4.69) is 20.9 Å². The van der Waals surface area contributed by atoms with Crippen LogP contribution in [0.15, 0.2) is 77.3 Å². The Morgan fingerprint density at radius 1 is 1.10 bits per heavy atom. The minimum absolute atomic E-state index is 0.111. The molecule has 0 unspecified atom stereocenters. The summed E-state index contributed by atoms with van der Waals surface area (Å²) in [7, 11) is 0. The van der Waals surface area contributed by atoms with Crippen molar-refractivity contribution in [3.8, 4) is 0 Å². The summed E-state index contributed by atoms with van der Waals surface area (Å²) < 4.78 is 17.4. The highest BCUT2D eigenvalue weighted by Crippen LogP contribution is 2.40. The Kier molecular flexibility index (Phi) is 5.99. The fourth-order valence-corrected chi connectivity index (χ4v) is 4.00. The van der Waals surface area contributed by atoms with Gasteiger partial charge in [-0.25, -0.2) is 9.37 Å². The molecule has 1 aliphatic heterocycles. The van der Waals surface area contributed by atoms with Crippen molar-refractivity contribution in [1.29, 1.82) is 0 Å². The zero-order valence-corrected chi connectivity index (χ0v) is 18.0. The summed E-state index contributed by atoms with van der Waals surface area (Å²) in [6.07, 6.45) is 5.66. The number of benzene rings is 2. The number of ketones is 1. The van der Waals surface area contributed by atoms with Crippen LogP contribution in [0, 0.1) is 5.82 Å². The molecule has 1 aromatic heterocycles. The van der Waals surface area contributed by atoms with E-state index in [9.17, 15) is 19.1 Å². The Morgan fingerprint density at radius 2 is 1.84 bits per heavy atom. The lowest BCUT2D eigenvalue weighted by atomic mass is 9.95. The molecule has 31 heavy (non-hydrogen) atoms. The van der Waals surface area contributed by atoms with Gasteiger partial charge in [0.25, 0.3) is 11.7 Å². The average Bonchev–Trinajstić information content (AvgIpc) is 3.36. The first-order chi connectivity index (χ1) is 15.0. The maximum atomic E-state index is 14.7. The molecule has 2 heterocycles. The summed E-state index contributed by atoms with van der Waals surface area (Å²) in [6.45, 7) is 0.804. The van der Waals surface area contributed by atoms with Crippen molar-refractivity contribution in [2.24, 2.45) is 0 Å². The van der Waals surface area contributed by atoms with E-state index in [4.69, 9.17) is 0 Å². The van der Waals surface area contributed by atoms with Gasteiger partial charge in [0.05, 0.1) is 17.9 Å². The van der Waals surface area contributed by atoms with Crippen molar-refractivity contribution in [1.82, 2.24) is 14.5 Å². The van der Waals surface area contributed by atoms with Crippen molar-refractivity contribution in [3.63, 3.8) is 0 Å². The maximum absolute atomic E-state index is 14.7. The Balaban J connectivity index is 1.75. The van der Waals surface area contributed by atoms with E-state index in [-0.39, 0.29) is 23.4 Å². The molecule has 0 radical (unpaired) electrons. The highest BCUT2D eigenvalue weighted by Gasteiger charge is 2.46. The first kappa shape index (κ1) is 21.0. The van der Waals surface area contributed by atoms with E-state index < -0.39 is 23.5 Å². The summed E-state index contributed by atoms with van der Waals surface area (Å²) in [5.74, 6) is -2.44. The van der Waals surface area contributed by atoms with Gasteiger partial charge in [-0.1, -0.05) is 46.3 Å². The number of hydrogen-bond acceptors (Lipinski definition) is 4. The van der Waals surface area contributed by atoms with Gasteiger partial charge in [0, 0.05) is 41.1 Å². The van der Waals surface area contributed by atoms with Gasteiger partial charge in [-0.15, -0.1) is 0 Å². The number of Topliss-reactive ketones (excluding diaryl/α,β-unsaturated/α-hetero) is 1. The van der Waals surface area contributed by atoms with E-state index in [0.29, 0.717) is 18.5 Å². The molecule has 1 N–H and O–H groups in total. The molecular formula is C23H19BrFN3O3. The smallest absolute Gasteiger partial charge is 0.295 e. The monoisotopic (exact) mass is 483 g/mol.